The van der Waals surface area contributed by atoms with Gasteiger partial charge in [-0.1, -0.05) is 12.1 Å². The molecule has 0 heterocycles. The maximum absolute atomic E-state index is 12.0. The molecule has 0 bridgehead atoms. The summed E-state index contributed by atoms with van der Waals surface area (Å²) in [6.45, 7) is 0.677. The number of rotatable bonds is 7. The van der Waals surface area contributed by atoms with E-state index in [0.29, 0.717) is 24.9 Å². The molecule has 1 saturated carbocycles. The Morgan fingerprint density at radius 3 is 2.38 bits per heavy atom. The molecule has 0 aliphatic heterocycles. The van der Waals surface area contributed by atoms with Crippen molar-refractivity contribution in [3.8, 4) is 5.75 Å². The molecule has 5 heteroatoms. The summed E-state index contributed by atoms with van der Waals surface area (Å²) in [6.07, 6.45) is -1.77. The van der Waals surface area contributed by atoms with Crippen LogP contribution in [0, 0.1) is 0 Å². The van der Waals surface area contributed by atoms with Gasteiger partial charge in [-0.05, 0) is 55.8 Å². The monoisotopic (exact) mass is 301 g/mol. The number of halogens is 3. The molecule has 0 saturated heterocycles. The van der Waals surface area contributed by atoms with Crippen LogP contribution in [-0.4, -0.2) is 25.9 Å². The first-order valence-corrected chi connectivity index (χ1v) is 7.42. The van der Waals surface area contributed by atoms with E-state index in [-0.39, 0.29) is 6.42 Å². The van der Waals surface area contributed by atoms with Gasteiger partial charge in [0, 0.05) is 12.5 Å². The first kappa shape index (κ1) is 16.1. The lowest BCUT2D eigenvalue weighted by molar-refractivity contribution is -0.135. The Kier molecular flexibility index (Phi) is 5.51. The predicted molar refractivity (Wildman–Crippen MR) is 76.7 cm³/mol. The average Bonchev–Trinajstić information content (AvgIpc) is 2.39. The topological polar surface area (TPSA) is 21.3 Å². The van der Waals surface area contributed by atoms with Crippen molar-refractivity contribution in [2.45, 2.75) is 50.2 Å². The number of benzene rings is 1. The summed E-state index contributed by atoms with van der Waals surface area (Å²) in [5.41, 5.74) is 1.31. The fraction of sp³-hybridized carbons (Fsp3) is 0.625. The second kappa shape index (κ2) is 7.16. The normalized spacial score (nSPS) is 21.9. The molecular formula is C16H22F3NO. The molecule has 0 unspecified atom stereocenters. The third kappa shape index (κ3) is 5.23. The third-order valence-corrected chi connectivity index (χ3v) is 4.05. The molecule has 118 valence electrons. The summed E-state index contributed by atoms with van der Waals surface area (Å²) in [5.74, 6) is 1.42. The summed E-state index contributed by atoms with van der Waals surface area (Å²) in [5, 5.41) is 3.34. The van der Waals surface area contributed by atoms with Crippen LogP contribution in [0.3, 0.4) is 0 Å². The highest BCUT2D eigenvalue weighted by atomic mass is 19.4. The van der Waals surface area contributed by atoms with Crippen molar-refractivity contribution in [2.24, 2.45) is 0 Å². The molecular weight excluding hydrogens is 279 g/mol. The molecule has 1 aromatic rings. The molecule has 1 aliphatic carbocycles. The fourth-order valence-electron chi connectivity index (χ4n) is 2.69. The fourth-order valence-corrected chi connectivity index (χ4v) is 2.69. The molecule has 2 nitrogen and oxygen atoms in total. The Balaban J connectivity index is 1.58. The van der Waals surface area contributed by atoms with Crippen molar-refractivity contribution in [1.29, 1.82) is 0 Å². The zero-order chi connectivity index (χ0) is 15.3. The van der Waals surface area contributed by atoms with Crippen molar-refractivity contribution in [3.63, 3.8) is 0 Å². The molecule has 2 rings (SSSR count). The Labute approximate surface area is 123 Å². The van der Waals surface area contributed by atoms with E-state index in [9.17, 15) is 13.2 Å². The third-order valence-electron chi connectivity index (χ3n) is 4.05. The van der Waals surface area contributed by atoms with Crippen molar-refractivity contribution in [1.82, 2.24) is 5.32 Å². The van der Waals surface area contributed by atoms with E-state index in [0.717, 1.165) is 18.6 Å². The molecule has 0 amide bonds. The van der Waals surface area contributed by atoms with Crippen molar-refractivity contribution < 1.29 is 17.9 Å². The zero-order valence-electron chi connectivity index (χ0n) is 12.2. The lowest BCUT2D eigenvalue weighted by Gasteiger charge is -2.36. The Morgan fingerprint density at radius 2 is 1.81 bits per heavy atom. The summed E-state index contributed by atoms with van der Waals surface area (Å²) < 4.78 is 41.1. The predicted octanol–water partition coefficient (Wildman–Crippen LogP) is 4.26. The second-order valence-electron chi connectivity index (χ2n) is 5.66. The first-order valence-electron chi connectivity index (χ1n) is 7.42. The van der Waals surface area contributed by atoms with E-state index in [4.69, 9.17) is 4.74 Å². The van der Waals surface area contributed by atoms with Crippen LogP contribution in [0.15, 0.2) is 24.3 Å². The Morgan fingerprint density at radius 1 is 1.14 bits per heavy atom. The van der Waals surface area contributed by atoms with Gasteiger partial charge in [-0.2, -0.15) is 13.2 Å². The molecule has 0 aromatic heterocycles. The lowest BCUT2D eigenvalue weighted by Crippen LogP contribution is -2.40. The van der Waals surface area contributed by atoms with Gasteiger partial charge in [-0.3, -0.25) is 0 Å². The van der Waals surface area contributed by atoms with E-state index < -0.39 is 12.6 Å². The number of ether oxygens (including phenoxy) is 1. The number of methoxy groups -OCH3 is 1. The summed E-state index contributed by atoms with van der Waals surface area (Å²) in [6, 6.07) is 8.55. The van der Waals surface area contributed by atoms with E-state index in [1.54, 1.807) is 7.11 Å². The van der Waals surface area contributed by atoms with Crippen LogP contribution in [0.4, 0.5) is 13.2 Å². The molecule has 0 spiro atoms. The summed E-state index contributed by atoms with van der Waals surface area (Å²) in [4.78, 5) is 0. The number of hydrogen-bond donors (Lipinski definition) is 1. The SMILES string of the molecule is COc1ccc(C2CC(NCCCCC(F)(F)F)C2)cc1. The Bertz CT molecular complexity index is 424. The highest BCUT2D eigenvalue weighted by Gasteiger charge is 2.30. The molecule has 21 heavy (non-hydrogen) atoms. The largest absolute Gasteiger partial charge is 0.497 e. The van der Waals surface area contributed by atoms with Crippen LogP contribution in [0.2, 0.25) is 0 Å². The van der Waals surface area contributed by atoms with Crippen molar-refractivity contribution in [3.05, 3.63) is 29.8 Å². The van der Waals surface area contributed by atoms with Gasteiger partial charge in [0.15, 0.2) is 0 Å². The van der Waals surface area contributed by atoms with Crippen LogP contribution in [0.1, 0.15) is 43.6 Å². The second-order valence-corrected chi connectivity index (χ2v) is 5.66. The minimum atomic E-state index is -4.02. The number of nitrogens with one attached hydrogen (secondary N) is 1. The van der Waals surface area contributed by atoms with E-state index >= 15 is 0 Å². The van der Waals surface area contributed by atoms with Gasteiger partial charge in [-0.15, -0.1) is 0 Å². The minimum Gasteiger partial charge on any atom is -0.497 e. The maximum atomic E-state index is 12.0. The molecule has 1 fully saturated rings. The van der Waals surface area contributed by atoms with E-state index in [1.807, 2.05) is 12.1 Å². The van der Waals surface area contributed by atoms with Crippen LogP contribution in [0.5, 0.6) is 5.75 Å². The first-order chi connectivity index (χ1) is 9.98. The number of hydrogen-bond acceptors (Lipinski definition) is 2. The molecule has 1 N–H and O–H groups in total. The standard InChI is InChI=1S/C16H22F3NO/c1-21-15-6-4-12(5-7-15)13-10-14(11-13)20-9-3-2-8-16(17,18)19/h4-7,13-14,20H,2-3,8-11H2,1H3. The lowest BCUT2D eigenvalue weighted by atomic mass is 9.76. The average molecular weight is 301 g/mol. The summed E-state index contributed by atoms with van der Waals surface area (Å²) in [7, 11) is 1.65. The van der Waals surface area contributed by atoms with E-state index in [1.165, 1.54) is 5.56 Å². The zero-order valence-corrected chi connectivity index (χ0v) is 12.2. The smallest absolute Gasteiger partial charge is 0.389 e. The van der Waals surface area contributed by atoms with E-state index in [2.05, 4.69) is 17.4 Å². The highest BCUT2D eigenvalue weighted by molar-refractivity contribution is 5.30. The van der Waals surface area contributed by atoms with Gasteiger partial charge in [-0.25, -0.2) is 0 Å². The molecule has 0 atom stereocenters. The summed E-state index contributed by atoms with van der Waals surface area (Å²) >= 11 is 0. The van der Waals surface area contributed by atoms with Crippen LogP contribution in [-0.2, 0) is 0 Å². The van der Waals surface area contributed by atoms with Gasteiger partial charge in [0.1, 0.15) is 5.75 Å². The number of unbranched alkanes of at least 4 members (excludes halogenated alkanes) is 1. The minimum absolute atomic E-state index is 0.213. The van der Waals surface area contributed by atoms with Crippen LogP contribution < -0.4 is 10.1 Å². The highest BCUT2D eigenvalue weighted by Crippen LogP contribution is 2.37. The Hall–Kier alpha value is -1.23. The van der Waals surface area contributed by atoms with Crippen LogP contribution >= 0.6 is 0 Å². The number of alkyl halides is 3. The van der Waals surface area contributed by atoms with Crippen LogP contribution in [0.25, 0.3) is 0 Å². The molecule has 0 radical (unpaired) electrons. The molecule has 1 aromatic carbocycles. The van der Waals surface area contributed by atoms with Gasteiger partial charge in [0.05, 0.1) is 7.11 Å². The van der Waals surface area contributed by atoms with Gasteiger partial charge >= 0.3 is 6.18 Å². The van der Waals surface area contributed by atoms with Gasteiger partial charge < -0.3 is 10.1 Å². The maximum Gasteiger partial charge on any atom is 0.389 e. The molecule has 1 aliphatic rings. The van der Waals surface area contributed by atoms with Gasteiger partial charge in [0.2, 0.25) is 0 Å². The van der Waals surface area contributed by atoms with Crippen molar-refractivity contribution >= 4 is 0 Å². The quantitative estimate of drug-likeness (QED) is 0.760. The van der Waals surface area contributed by atoms with Gasteiger partial charge in [0.25, 0.3) is 0 Å². The van der Waals surface area contributed by atoms with Crippen molar-refractivity contribution in [2.75, 3.05) is 13.7 Å².